The van der Waals surface area contributed by atoms with Crippen LogP contribution in [0.25, 0.3) is 5.57 Å². The Bertz CT molecular complexity index is 796. The summed E-state index contributed by atoms with van der Waals surface area (Å²) in [5.41, 5.74) is 5.10. The van der Waals surface area contributed by atoms with Crippen LogP contribution in [0.5, 0.6) is 0 Å². The van der Waals surface area contributed by atoms with Gasteiger partial charge in [-0.05, 0) is 54.1 Å². The molecule has 3 nitrogen and oxygen atoms in total. The van der Waals surface area contributed by atoms with Gasteiger partial charge in [0.15, 0.2) is 0 Å². The third-order valence-electron chi connectivity index (χ3n) is 5.35. The molecular weight excluding hydrogens is 342 g/mol. The molecule has 2 aliphatic heterocycles. The van der Waals surface area contributed by atoms with Crippen LogP contribution in [0.2, 0.25) is 0 Å². The summed E-state index contributed by atoms with van der Waals surface area (Å²) in [5, 5.41) is 13.0. The number of carbonyl (C=O) groups is 1. The summed E-state index contributed by atoms with van der Waals surface area (Å²) in [4.78, 5) is 12.9. The molecule has 26 heavy (non-hydrogen) atoms. The second-order valence-corrected chi connectivity index (χ2v) is 7.96. The Balaban J connectivity index is 1.72. The van der Waals surface area contributed by atoms with Gasteiger partial charge in [-0.15, -0.1) is 11.8 Å². The Labute approximate surface area is 158 Å². The third kappa shape index (κ3) is 3.44. The van der Waals surface area contributed by atoms with Crippen LogP contribution in [0, 0.1) is 5.92 Å². The molecule has 134 valence electrons. The maximum absolute atomic E-state index is 11.6. The topological polar surface area (TPSA) is 49.3 Å². The average molecular weight is 365 g/mol. The zero-order valence-electron chi connectivity index (χ0n) is 14.7. The fourth-order valence-corrected chi connectivity index (χ4v) is 5.06. The molecule has 2 unspecified atom stereocenters. The van der Waals surface area contributed by atoms with Crippen LogP contribution < -0.4 is 5.32 Å². The Morgan fingerprint density at radius 3 is 2.77 bits per heavy atom. The van der Waals surface area contributed by atoms with Crippen LogP contribution >= 0.6 is 11.8 Å². The van der Waals surface area contributed by atoms with Crippen LogP contribution in [-0.2, 0) is 10.5 Å². The van der Waals surface area contributed by atoms with E-state index in [9.17, 15) is 9.90 Å². The molecule has 0 spiro atoms. The van der Waals surface area contributed by atoms with Crippen molar-refractivity contribution in [3.63, 3.8) is 0 Å². The summed E-state index contributed by atoms with van der Waals surface area (Å²) >= 11 is 1.87. The lowest BCUT2D eigenvalue weighted by Crippen LogP contribution is -2.44. The second kappa shape index (κ2) is 7.68. The molecule has 0 bridgehead atoms. The first-order chi connectivity index (χ1) is 12.7. The highest BCUT2D eigenvalue weighted by molar-refractivity contribution is 7.98. The highest BCUT2D eigenvalue weighted by Crippen LogP contribution is 2.40. The van der Waals surface area contributed by atoms with E-state index in [0.717, 1.165) is 31.6 Å². The van der Waals surface area contributed by atoms with Crippen molar-refractivity contribution >= 4 is 23.3 Å². The summed E-state index contributed by atoms with van der Waals surface area (Å²) in [7, 11) is 0. The lowest BCUT2D eigenvalue weighted by Gasteiger charge is -2.29. The van der Waals surface area contributed by atoms with E-state index in [1.165, 1.54) is 27.2 Å². The summed E-state index contributed by atoms with van der Waals surface area (Å²) in [5.74, 6) is -0.0201. The predicted octanol–water partition coefficient (Wildman–Crippen LogP) is 4.57. The largest absolute Gasteiger partial charge is 0.481 e. The molecule has 2 heterocycles. The van der Waals surface area contributed by atoms with Gasteiger partial charge in [-0.25, -0.2) is 0 Å². The lowest BCUT2D eigenvalue weighted by atomic mass is 9.86. The molecule has 0 radical (unpaired) electrons. The van der Waals surface area contributed by atoms with E-state index in [2.05, 4.69) is 59.9 Å². The summed E-state index contributed by atoms with van der Waals surface area (Å²) in [6.45, 7) is 0.903. The number of nitrogens with one attached hydrogen (secondary N) is 1. The molecule has 1 saturated heterocycles. The maximum atomic E-state index is 11.6. The third-order valence-corrected chi connectivity index (χ3v) is 6.47. The van der Waals surface area contributed by atoms with E-state index in [0.29, 0.717) is 0 Å². The smallest absolute Gasteiger partial charge is 0.308 e. The molecule has 2 aliphatic rings. The molecule has 2 N–H and O–H groups in total. The molecule has 4 rings (SSSR count). The van der Waals surface area contributed by atoms with Crippen molar-refractivity contribution in [1.82, 2.24) is 5.32 Å². The fourth-order valence-electron chi connectivity index (χ4n) is 3.99. The Morgan fingerprint density at radius 1 is 1.15 bits per heavy atom. The molecule has 0 aromatic heterocycles. The summed E-state index contributed by atoms with van der Waals surface area (Å²) in [6, 6.07) is 17.1. The summed E-state index contributed by atoms with van der Waals surface area (Å²) in [6.07, 6.45) is 4.69. The predicted molar refractivity (Wildman–Crippen MR) is 106 cm³/mol. The highest BCUT2D eigenvalue weighted by Gasteiger charge is 2.30. The first-order valence-corrected chi connectivity index (χ1v) is 10.2. The highest BCUT2D eigenvalue weighted by atomic mass is 32.2. The van der Waals surface area contributed by atoms with Gasteiger partial charge in [0.25, 0.3) is 0 Å². The van der Waals surface area contributed by atoms with E-state index in [4.69, 9.17) is 0 Å². The van der Waals surface area contributed by atoms with Gasteiger partial charge in [0, 0.05) is 16.7 Å². The van der Waals surface area contributed by atoms with E-state index >= 15 is 0 Å². The van der Waals surface area contributed by atoms with Crippen molar-refractivity contribution < 1.29 is 9.90 Å². The molecule has 1 fully saturated rings. The molecular formula is C22H23NO2S. The minimum Gasteiger partial charge on any atom is -0.481 e. The first-order valence-electron chi connectivity index (χ1n) is 9.21. The Hall–Kier alpha value is -2.04. The summed E-state index contributed by atoms with van der Waals surface area (Å²) < 4.78 is 0. The van der Waals surface area contributed by atoms with E-state index in [1.807, 2.05) is 11.8 Å². The van der Waals surface area contributed by atoms with E-state index < -0.39 is 5.97 Å². The van der Waals surface area contributed by atoms with E-state index in [-0.39, 0.29) is 12.0 Å². The SMILES string of the molecule is O=C(O)C1CCCNC1C/C=C1\c2ccccc2CSc2ccccc21. The monoisotopic (exact) mass is 365 g/mol. The molecule has 2 aromatic rings. The standard InChI is InChI=1S/C22H23NO2S/c24-22(25)19-9-5-13-23-20(19)12-11-17-16-7-2-1-6-15(16)14-26-21-10-4-3-8-18(17)21/h1-4,6-8,10-11,19-20,23H,5,9,12-14H2,(H,24,25)/b17-11+. The van der Waals surface area contributed by atoms with Gasteiger partial charge in [0.2, 0.25) is 0 Å². The number of carboxylic acids is 1. The van der Waals surface area contributed by atoms with Gasteiger partial charge in [-0.3, -0.25) is 4.79 Å². The number of piperidine rings is 1. The fraction of sp³-hybridized carbons (Fsp3) is 0.318. The van der Waals surface area contributed by atoms with Gasteiger partial charge >= 0.3 is 5.97 Å². The number of thioether (sulfide) groups is 1. The molecule has 2 atom stereocenters. The van der Waals surface area contributed by atoms with Crippen LogP contribution in [0.1, 0.15) is 36.0 Å². The maximum Gasteiger partial charge on any atom is 0.308 e. The molecule has 0 amide bonds. The van der Waals surface area contributed by atoms with Gasteiger partial charge in [0.1, 0.15) is 0 Å². The van der Waals surface area contributed by atoms with Crippen molar-refractivity contribution in [2.24, 2.45) is 5.92 Å². The van der Waals surface area contributed by atoms with Crippen LogP contribution in [-0.4, -0.2) is 23.7 Å². The van der Waals surface area contributed by atoms with Crippen molar-refractivity contribution in [2.45, 2.75) is 36.0 Å². The zero-order chi connectivity index (χ0) is 17.9. The molecule has 4 heteroatoms. The minimum atomic E-state index is -0.683. The molecule has 0 saturated carbocycles. The minimum absolute atomic E-state index is 0.00369. The number of benzene rings is 2. The number of rotatable bonds is 3. The quantitative estimate of drug-likeness (QED) is 0.837. The normalized spacial score (nSPS) is 23.8. The van der Waals surface area contributed by atoms with Crippen molar-refractivity contribution in [3.05, 3.63) is 71.3 Å². The van der Waals surface area contributed by atoms with Gasteiger partial charge in [-0.1, -0.05) is 48.5 Å². The van der Waals surface area contributed by atoms with Gasteiger partial charge < -0.3 is 10.4 Å². The van der Waals surface area contributed by atoms with Gasteiger partial charge in [0.05, 0.1) is 5.92 Å². The van der Waals surface area contributed by atoms with Crippen LogP contribution in [0.3, 0.4) is 0 Å². The van der Waals surface area contributed by atoms with Crippen LogP contribution in [0.4, 0.5) is 0 Å². The van der Waals surface area contributed by atoms with Crippen molar-refractivity contribution in [3.8, 4) is 0 Å². The Kier molecular flexibility index (Phi) is 5.14. The average Bonchev–Trinajstić information content (AvgIpc) is 2.83. The van der Waals surface area contributed by atoms with E-state index in [1.54, 1.807) is 0 Å². The number of aliphatic carboxylic acids is 1. The number of hydrogen-bond donors (Lipinski definition) is 2. The van der Waals surface area contributed by atoms with Crippen molar-refractivity contribution in [1.29, 1.82) is 0 Å². The first kappa shape index (κ1) is 17.4. The lowest BCUT2D eigenvalue weighted by molar-refractivity contribution is -0.143. The number of carboxylic acid groups (broad SMARTS) is 1. The molecule has 0 aliphatic carbocycles. The second-order valence-electron chi connectivity index (χ2n) is 6.94. The number of hydrogen-bond acceptors (Lipinski definition) is 3. The Morgan fingerprint density at radius 2 is 1.92 bits per heavy atom. The zero-order valence-corrected chi connectivity index (χ0v) is 15.5. The van der Waals surface area contributed by atoms with Gasteiger partial charge in [-0.2, -0.15) is 0 Å². The molecule has 2 aromatic carbocycles. The number of fused-ring (bicyclic) bond motifs is 2. The van der Waals surface area contributed by atoms with Crippen molar-refractivity contribution in [2.75, 3.05) is 6.54 Å². The van der Waals surface area contributed by atoms with Crippen LogP contribution in [0.15, 0.2) is 59.5 Å².